The van der Waals surface area contributed by atoms with Gasteiger partial charge in [-0.05, 0) is 42.8 Å². The lowest BCUT2D eigenvalue weighted by molar-refractivity contribution is -0.117. The van der Waals surface area contributed by atoms with Gasteiger partial charge in [0.1, 0.15) is 0 Å². The van der Waals surface area contributed by atoms with Crippen LogP contribution in [0.4, 0.5) is 11.4 Å². The quantitative estimate of drug-likeness (QED) is 0.501. The van der Waals surface area contributed by atoms with Crippen molar-refractivity contribution >= 4 is 61.4 Å². The lowest BCUT2D eigenvalue weighted by Gasteiger charge is -2.22. The standard InChI is InChI=1S/C19H20Cl2N4O3S/c1-2-9-25(17(26)10-22)12-3-5-13(6-4-12)29(27,28)24-16-8-7-14(20)18-15(21)11-23-19(16)18/h3-8,11,23-24H,2,9-10,22H2,1H3. The molecule has 0 atom stereocenters. The zero-order valence-corrected chi connectivity index (χ0v) is 17.9. The van der Waals surface area contributed by atoms with E-state index in [-0.39, 0.29) is 17.3 Å². The van der Waals surface area contributed by atoms with Crippen molar-refractivity contribution in [3.05, 3.63) is 52.6 Å². The highest BCUT2D eigenvalue weighted by molar-refractivity contribution is 7.92. The molecule has 4 N–H and O–H groups in total. The van der Waals surface area contributed by atoms with Gasteiger partial charge in [-0.1, -0.05) is 30.1 Å². The Balaban J connectivity index is 1.91. The van der Waals surface area contributed by atoms with Gasteiger partial charge in [-0.3, -0.25) is 9.52 Å². The summed E-state index contributed by atoms with van der Waals surface area (Å²) in [5.74, 6) is -0.229. The molecule has 0 fully saturated rings. The monoisotopic (exact) mass is 454 g/mol. The van der Waals surface area contributed by atoms with Gasteiger partial charge in [0.05, 0.1) is 32.7 Å². The Morgan fingerprint density at radius 2 is 1.83 bits per heavy atom. The third-order valence-electron chi connectivity index (χ3n) is 4.36. The van der Waals surface area contributed by atoms with Crippen molar-refractivity contribution in [2.24, 2.45) is 5.73 Å². The van der Waals surface area contributed by atoms with Crippen LogP contribution in [0.15, 0.2) is 47.5 Å². The number of carbonyl (C=O) groups excluding carboxylic acids is 1. The maximum absolute atomic E-state index is 12.8. The molecule has 0 spiro atoms. The van der Waals surface area contributed by atoms with Crippen molar-refractivity contribution in [1.29, 1.82) is 0 Å². The van der Waals surface area contributed by atoms with Crippen LogP contribution in [-0.4, -0.2) is 32.4 Å². The van der Waals surface area contributed by atoms with Crippen molar-refractivity contribution in [3.8, 4) is 0 Å². The minimum atomic E-state index is -3.87. The van der Waals surface area contributed by atoms with Gasteiger partial charge in [-0.25, -0.2) is 8.42 Å². The van der Waals surface area contributed by atoms with Gasteiger partial charge in [0.15, 0.2) is 0 Å². The van der Waals surface area contributed by atoms with E-state index < -0.39 is 10.0 Å². The molecule has 3 aromatic rings. The van der Waals surface area contributed by atoms with Crippen LogP contribution in [0.3, 0.4) is 0 Å². The van der Waals surface area contributed by atoms with Gasteiger partial charge in [-0.2, -0.15) is 0 Å². The van der Waals surface area contributed by atoms with E-state index >= 15 is 0 Å². The first-order valence-corrected chi connectivity index (χ1v) is 11.1. The predicted molar refractivity (Wildman–Crippen MR) is 117 cm³/mol. The van der Waals surface area contributed by atoms with Gasteiger partial charge in [0.25, 0.3) is 10.0 Å². The molecular formula is C19H20Cl2N4O3S. The summed E-state index contributed by atoms with van der Waals surface area (Å²) in [6.45, 7) is 2.32. The van der Waals surface area contributed by atoms with E-state index in [4.69, 9.17) is 28.9 Å². The second-order valence-electron chi connectivity index (χ2n) is 6.33. The molecule has 0 aliphatic carbocycles. The highest BCUT2D eigenvalue weighted by atomic mass is 35.5. The molecular weight excluding hydrogens is 435 g/mol. The molecule has 0 radical (unpaired) electrons. The van der Waals surface area contributed by atoms with E-state index in [0.717, 1.165) is 6.42 Å². The molecule has 1 amide bonds. The van der Waals surface area contributed by atoms with E-state index in [9.17, 15) is 13.2 Å². The van der Waals surface area contributed by atoms with Crippen molar-refractivity contribution in [2.45, 2.75) is 18.2 Å². The highest BCUT2D eigenvalue weighted by Crippen LogP contribution is 2.35. The van der Waals surface area contributed by atoms with Gasteiger partial charge in [-0.15, -0.1) is 0 Å². The number of sulfonamides is 1. The molecule has 29 heavy (non-hydrogen) atoms. The van der Waals surface area contributed by atoms with Crippen LogP contribution in [0, 0.1) is 0 Å². The summed E-state index contributed by atoms with van der Waals surface area (Å²) in [5.41, 5.74) is 6.87. The smallest absolute Gasteiger partial charge is 0.261 e. The molecule has 3 rings (SSSR count). The Kier molecular flexibility index (Phi) is 6.38. The number of amides is 1. The number of aromatic nitrogens is 1. The number of benzene rings is 2. The Morgan fingerprint density at radius 3 is 2.45 bits per heavy atom. The van der Waals surface area contributed by atoms with Crippen LogP contribution in [0.2, 0.25) is 10.0 Å². The van der Waals surface area contributed by atoms with Crippen LogP contribution in [0.5, 0.6) is 0 Å². The summed E-state index contributed by atoms with van der Waals surface area (Å²) in [7, 11) is -3.87. The van der Waals surface area contributed by atoms with Crippen molar-refractivity contribution in [1.82, 2.24) is 4.98 Å². The van der Waals surface area contributed by atoms with E-state index in [1.807, 2.05) is 6.92 Å². The molecule has 154 valence electrons. The minimum Gasteiger partial charge on any atom is -0.358 e. The van der Waals surface area contributed by atoms with Gasteiger partial charge in [0.2, 0.25) is 5.91 Å². The molecule has 1 heterocycles. The highest BCUT2D eigenvalue weighted by Gasteiger charge is 2.19. The second-order valence-corrected chi connectivity index (χ2v) is 8.83. The summed E-state index contributed by atoms with van der Waals surface area (Å²) in [4.78, 5) is 16.5. The number of rotatable bonds is 7. The lowest BCUT2D eigenvalue weighted by Crippen LogP contribution is -2.36. The van der Waals surface area contributed by atoms with E-state index in [0.29, 0.717) is 38.9 Å². The number of hydrogen-bond donors (Lipinski definition) is 3. The first-order valence-electron chi connectivity index (χ1n) is 8.87. The number of nitrogens with zero attached hydrogens (tertiary/aromatic N) is 1. The summed E-state index contributed by atoms with van der Waals surface area (Å²) in [5, 5.41) is 1.36. The molecule has 0 bridgehead atoms. The van der Waals surface area contributed by atoms with Crippen LogP contribution in [-0.2, 0) is 14.8 Å². The van der Waals surface area contributed by atoms with Crippen molar-refractivity contribution in [3.63, 3.8) is 0 Å². The minimum absolute atomic E-state index is 0.0543. The third-order valence-corrected chi connectivity index (χ3v) is 6.36. The molecule has 0 aliphatic rings. The van der Waals surface area contributed by atoms with Crippen molar-refractivity contribution < 1.29 is 13.2 Å². The molecule has 0 saturated heterocycles. The molecule has 7 nitrogen and oxygen atoms in total. The maximum Gasteiger partial charge on any atom is 0.261 e. The maximum atomic E-state index is 12.8. The van der Waals surface area contributed by atoms with Gasteiger partial charge >= 0.3 is 0 Å². The lowest BCUT2D eigenvalue weighted by atomic mass is 10.2. The summed E-state index contributed by atoms with van der Waals surface area (Å²) < 4.78 is 28.2. The number of H-pyrrole nitrogens is 1. The number of anilines is 2. The predicted octanol–water partition coefficient (Wildman–Crippen LogP) is 3.98. The average molecular weight is 455 g/mol. The fraction of sp³-hybridized carbons (Fsp3) is 0.211. The molecule has 0 unspecified atom stereocenters. The second kappa shape index (κ2) is 8.62. The molecule has 1 aromatic heterocycles. The van der Waals surface area contributed by atoms with Crippen LogP contribution >= 0.6 is 23.2 Å². The van der Waals surface area contributed by atoms with Gasteiger partial charge < -0.3 is 15.6 Å². The normalized spacial score (nSPS) is 11.6. The summed E-state index contributed by atoms with van der Waals surface area (Å²) in [6, 6.07) is 9.19. The Hall–Kier alpha value is -2.26. The number of aromatic amines is 1. The average Bonchev–Trinajstić information content (AvgIpc) is 3.10. The SMILES string of the molecule is CCCN(C(=O)CN)c1ccc(S(=O)(=O)Nc2ccc(Cl)c3c(Cl)c[nH]c23)cc1. The first-order chi connectivity index (χ1) is 13.8. The molecule has 10 heteroatoms. The molecule has 0 aliphatic heterocycles. The van der Waals surface area contributed by atoms with E-state index in [2.05, 4.69) is 9.71 Å². The van der Waals surface area contributed by atoms with Gasteiger partial charge in [0, 0.05) is 23.8 Å². The number of carbonyl (C=O) groups is 1. The summed E-state index contributed by atoms with van der Waals surface area (Å²) >= 11 is 12.3. The number of hydrogen-bond acceptors (Lipinski definition) is 4. The third kappa shape index (κ3) is 4.35. The Labute approximate surface area is 178 Å². The topological polar surface area (TPSA) is 108 Å². The number of nitrogens with two attached hydrogens (primary N) is 1. The summed E-state index contributed by atoms with van der Waals surface area (Å²) in [6.07, 6.45) is 2.29. The zero-order chi connectivity index (χ0) is 21.2. The van der Waals surface area contributed by atoms with Crippen molar-refractivity contribution in [2.75, 3.05) is 22.7 Å². The number of nitrogens with one attached hydrogen (secondary N) is 2. The largest absolute Gasteiger partial charge is 0.358 e. The fourth-order valence-electron chi connectivity index (χ4n) is 2.99. The van der Waals surface area contributed by atoms with E-state index in [1.165, 1.54) is 17.0 Å². The zero-order valence-electron chi connectivity index (χ0n) is 15.6. The number of halogens is 2. The number of fused-ring (bicyclic) bond motifs is 1. The molecule has 2 aromatic carbocycles. The van der Waals surface area contributed by atoms with Crippen LogP contribution < -0.4 is 15.4 Å². The fourth-order valence-corrected chi connectivity index (χ4v) is 4.62. The molecule has 0 saturated carbocycles. The van der Waals surface area contributed by atoms with Crippen LogP contribution in [0.25, 0.3) is 10.9 Å². The first kappa shape index (κ1) is 21.4. The van der Waals surface area contributed by atoms with E-state index in [1.54, 1.807) is 30.5 Å². The Bertz CT molecular complexity index is 1140. The Morgan fingerprint density at radius 1 is 1.14 bits per heavy atom. The van der Waals surface area contributed by atoms with Crippen LogP contribution in [0.1, 0.15) is 13.3 Å².